The number of nitrogens with zero attached hydrogens (tertiary/aromatic N) is 4. The van der Waals surface area contributed by atoms with E-state index in [1.807, 2.05) is 23.7 Å². The zero-order valence-corrected chi connectivity index (χ0v) is 12.2. The van der Waals surface area contributed by atoms with Gasteiger partial charge in [0, 0.05) is 31.9 Å². The highest BCUT2D eigenvalue weighted by Crippen LogP contribution is 2.20. The zero-order chi connectivity index (χ0) is 14.8. The first-order valence-electron chi connectivity index (χ1n) is 7.20. The molecular formula is C15H20N4O2. The fourth-order valence-electron chi connectivity index (χ4n) is 2.73. The molecule has 112 valence electrons. The molecule has 6 heteroatoms. The maximum atomic E-state index is 9.93. The molecule has 0 aromatic carbocycles. The molecule has 0 saturated heterocycles. The minimum atomic E-state index is -0.0276. The third-order valence-electron chi connectivity index (χ3n) is 3.77. The SMILES string of the molecule is Cc1ccc(O)c(CN2CCCn3nc(CO)cc3C2)n1. The van der Waals surface area contributed by atoms with E-state index >= 15 is 0 Å². The normalized spacial score (nSPS) is 15.7. The third-order valence-corrected chi connectivity index (χ3v) is 3.77. The van der Waals surface area contributed by atoms with Gasteiger partial charge in [-0.2, -0.15) is 5.10 Å². The topological polar surface area (TPSA) is 74.4 Å². The van der Waals surface area contributed by atoms with Crippen LogP contribution in [0.3, 0.4) is 0 Å². The van der Waals surface area contributed by atoms with Gasteiger partial charge in [0.2, 0.25) is 0 Å². The van der Waals surface area contributed by atoms with Gasteiger partial charge in [0.05, 0.1) is 23.7 Å². The Balaban J connectivity index is 1.78. The van der Waals surface area contributed by atoms with Crippen molar-refractivity contribution >= 4 is 0 Å². The van der Waals surface area contributed by atoms with Crippen LogP contribution < -0.4 is 0 Å². The zero-order valence-electron chi connectivity index (χ0n) is 12.2. The smallest absolute Gasteiger partial charge is 0.138 e. The molecule has 6 nitrogen and oxygen atoms in total. The number of hydrogen-bond donors (Lipinski definition) is 2. The van der Waals surface area contributed by atoms with Gasteiger partial charge < -0.3 is 10.2 Å². The quantitative estimate of drug-likeness (QED) is 0.887. The van der Waals surface area contributed by atoms with Gasteiger partial charge in [-0.05, 0) is 31.5 Å². The number of aliphatic hydroxyl groups excluding tert-OH is 1. The van der Waals surface area contributed by atoms with E-state index in [-0.39, 0.29) is 12.4 Å². The van der Waals surface area contributed by atoms with Crippen LogP contribution in [0.5, 0.6) is 5.75 Å². The molecule has 1 aliphatic rings. The Bertz CT molecular complexity index is 639. The number of aromatic hydroxyl groups is 1. The molecule has 2 N–H and O–H groups in total. The summed E-state index contributed by atoms with van der Waals surface area (Å²) in [5, 5.41) is 23.5. The van der Waals surface area contributed by atoms with Crippen LogP contribution in [0.15, 0.2) is 18.2 Å². The molecule has 0 spiro atoms. The predicted octanol–water partition coefficient (Wildman–Crippen LogP) is 1.19. The summed E-state index contributed by atoms with van der Waals surface area (Å²) in [6, 6.07) is 5.45. The maximum absolute atomic E-state index is 9.93. The van der Waals surface area contributed by atoms with Crippen molar-refractivity contribution in [3.8, 4) is 5.75 Å². The van der Waals surface area contributed by atoms with Crippen molar-refractivity contribution in [3.63, 3.8) is 0 Å². The number of aromatic nitrogens is 3. The lowest BCUT2D eigenvalue weighted by atomic mass is 10.2. The summed E-state index contributed by atoms with van der Waals surface area (Å²) in [5.74, 6) is 0.245. The summed E-state index contributed by atoms with van der Waals surface area (Å²) in [6.45, 7) is 5.06. The van der Waals surface area contributed by atoms with Crippen LogP contribution in [0.4, 0.5) is 0 Å². The summed E-state index contributed by atoms with van der Waals surface area (Å²) in [7, 11) is 0. The highest BCUT2D eigenvalue weighted by atomic mass is 16.3. The molecule has 3 rings (SSSR count). The average molecular weight is 288 g/mol. The second-order valence-corrected chi connectivity index (χ2v) is 5.49. The van der Waals surface area contributed by atoms with E-state index in [9.17, 15) is 10.2 Å². The van der Waals surface area contributed by atoms with Crippen LogP contribution in [0.2, 0.25) is 0 Å². The number of hydrogen-bond acceptors (Lipinski definition) is 5. The van der Waals surface area contributed by atoms with Crippen molar-refractivity contribution in [1.29, 1.82) is 0 Å². The van der Waals surface area contributed by atoms with Crippen LogP contribution >= 0.6 is 0 Å². The fourth-order valence-corrected chi connectivity index (χ4v) is 2.73. The molecule has 0 amide bonds. The lowest BCUT2D eigenvalue weighted by molar-refractivity contribution is 0.253. The van der Waals surface area contributed by atoms with E-state index in [4.69, 9.17) is 0 Å². The molecule has 0 atom stereocenters. The van der Waals surface area contributed by atoms with Crippen molar-refractivity contribution in [2.45, 2.75) is 39.6 Å². The molecule has 0 bridgehead atoms. The lowest BCUT2D eigenvalue weighted by Gasteiger charge is -2.19. The first-order chi connectivity index (χ1) is 10.2. The van der Waals surface area contributed by atoms with Crippen LogP contribution in [-0.2, 0) is 26.2 Å². The first-order valence-corrected chi connectivity index (χ1v) is 7.20. The molecule has 2 aromatic rings. The van der Waals surface area contributed by atoms with Crippen molar-refractivity contribution in [1.82, 2.24) is 19.7 Å². The average Bonchev–Trinajstić information content (AvgIpc) is 2.76. The van der Waals surface area contributed by atoms with E-state index in [2.05, 4.69) is 15.0 Å². The lowest BCUT2D eigenvalue weighted by Crippen LogP contribution is -2.23. The Morgan fingerprint density at radius 2 is 2.14 bits per heavy atom. The Kier molecular flexibility index (Phi) is 3.90. The van der Waals surface area contributed by atoms with E-state index in [1.165, 1.54) is 0 Å². The second-order valence-electron chi connectivity index (χ2n) is 5.49. The van der Waals surface area contributed by atoms with Crippen LogP contribution in [0.1, 0.15) is 29.2 Å². The molecule has 3 heterocycles. The van der Waals surface area contributed by atoms with Gasteiger partial charge in [-0.1, -0.05) is 0 Å². The number of pyridine rings is 1. The third kappa shape index (κ3) is 3.06. The largest absolute Gasteiger partial charge is 0.506 e. The first kappa shape index (κ1) is 14.0. The van der Waals surface area contributed by atoms with Crippen LogP contribution in [0, 0.1) is 6.92 Å². The fraction of sp³-hybridized carbons (Fsp3) is 0.467. The summed E-state index contributed by atoms with van der Waals surface area (Å²) >= 11 is 0. The number of rotatable bonds is 3. The van der Waals surface area contributed by atoms with E-state index < -0.39 is 0 Å². The molecule has 0 saturated carbocycles. The van der Waals surface area contributed by atoms with Gasteiger partial charge in [0.15, 0.2) is 0 Å². The van der Waals surface area contributed by atoms with E-state index in [0.29, 0.717) is 17.9 Å². The van der Waals surface area contributed by atoms with Gasteiger partial charge >= 0.3 is 0 Å². The maximum Gasteiger partial charge on any atom is 0.138 e. The number of aliphatic hydroxyl groups is 1. The summed E-state index contributed by atoms with van der Waals surface area (Å²) in [6.07, 6.45) is 0.992. The summed E-state index contributed by atoms with van der Waals surface area (Å²) in [5.41, 5.74) is 3.43. The minimum Gasteiger partial charge on any atom is -0.506 e. The Hall–Kier alpha value is -1.92. The molecular weight excluding hydrogens is 268 g/mol. The Labute approximate surface area is 123 Å². The molecule has 2 aromatic heterocycles. The number of aryl methyl sites for hydroxylation is 2. The minimum absolute atomic E-state index is 0.0276. The number of fused-ring (bicyclic) bond motifs is 1. The summed E-state index contributed by atoms with van der Waals surface area (Å²) < 4.78 is 1.97. The molecule has 0 aliphatic carbocycles. The monoisotopic (exact) mass is 288 g/mol. The van der Waals surface area contributed by atoms with Crippen molar-refractivity contribution < 1.29 is 10.2 Å². The van der Waals surface area contributed by atoms with Gasteiger partial charge in [0.25, 0.3) is 0 Å². The van der Waals surface area contributed by atoms with Crippen molar-refractivity contribution in [2.24, 2.45) is 0 Å². The van der Waals surface area contributed by atoms with Gasteiger partial charge in [-0.25, -0.2) is 0 Å². The molecule has 0 unspecified atom stereocenters. The highest BCUT2D eigenvalue weighted by Gasteiger charge is 2.18. The van der Waals surface area contributed by atoms with Crippen molar-refractivity contribution in [2.75, 3.05) is 6.54 Å². The van der Waals surface area contributed by atoms with Crippen molar-refractivity contribution in [3.05, 3.63) is 41.0 Å². The standard InChI is InChI=1S/C15H20N4O2/c1-11-3-4-15(21)14(16-11)9-18-5-2-6-19-13(8-18)7-12(10-20)17-19/h3-4,7,20-21H,2,5-6,8-10H2,1H3. The molecule has 1 aliphatic heterocycles. The predicted molar refractivity (Wildman–Crippen MR) is 77.5 cm³/mol. The van der Waals surface area contributed by atoms with E-state index in [0.717, 1.165) is 37.4 Å². The van der Waals surface area contributed by atoms with Crippen LogP contribution in [-0.4, -0.2) is 36.4 Å². The molecule has 0 fully saturated rings. The Morgan fingerprint density at radius 3 is 2.95 bits per heavy atom. The van der Waals surface area contributed by atoms with Gasteiger partial charge in [-0.3, -0.25) is 14.6 Å². The molecule has 0 radical (unpaired) electrons. The van der Waals surface area contributed by atoms with Crippen LogP contribution in [0.25, 0.3) is 0 Å². The van der Waals surface area contributed by atoms with E-state index in [1.54, 1.807) is 6.07 Å². The Morgan fingerprint density at radius 1 is 1.29 bits per heavy atom. The van der Waals surface area contributed by atoms with Gasteiger partial charge in [-0.15, -0.1) is 0 Å². The second kappa shape index (κ2) is 5.83. The summed E-state index contributed by atoms with van der Waals surface area (Å²) in [4.78, 5) is 6.67. The van der Waals surface area contributed by atoms with Gasteiger partial charge in [0.1, 0.15) is 5.75 Å². The molecule has 21 heavy (non-hydrogen) atoms. The highest BCUT2D eigenvalue weighted by molar-refractivity contribution is 5.27.